The fraction of sp³-hybridized carbons (Fsp3) is 0.200. The number of imidazole rings is 1. The minimum Gasteiger partial charge on any atom is -0.382 e. The van der Waals surface area contributed by atoms with E-state index >= 15 is 0 Å². The first-order valence-electron chi connectivity index (χ1n) is 6.68. The Morgan fingerprint density at radius 1 is 1.20 bits per heavy atom. The van der Waals surface area contributed by atoms with Gasteiger partial charge in [0.15, 0.2) is 5.82 Å². The van der Waals surface area contributed by atoms with E-state index in [1.54, 1.807) is 6.20 Å². The van der Waals surface area contributed by atoms with Gasteiger partial charge in [-0.15, -0.1) is 0 Å². The van der Waals surface area contributed by atoms with Crippen LogP contribution in [0.5, 0.6) is 0 Å². The molecule has 0 amide bonds. The van der Waals surface area contributed by atoms with Gasteiger partial charge in [-0.1, -0.05) is 31.2 Å². The van der Waals surface area contributed by atoms with Gasteiger partial charge in [-0.2, -0.15) is 0 Å². The fourth-order valence-electron chi connectivity index (χ4n) is 2.39. The Morgan fingerprint density at radius 2 is 2.00 bits per heavy atom. The number of hydrogen-bond donors (Lipinski definition) is 2. The predicted octanol–water partition coefficient (Wildman–Crippen LogP) is 2.35. The quantitative estimate of drug-likeness (QED) is 0.713. The van der Waals surface area contributed by atoms with Crippen LogP contribution < -0.4 is 11.6 Å². The monoisotopic (exact) mass is 267 g/mol. The summed E-state index contributed by atoms with van der Waals surface area (Å²) < 4.78 is 1.47. The molecule has 0 aliphatic rings. The molecule has 102 valence electrons. The van der Waals surface area contributed by atoms with Crippen LogP contribution in [0.2, 0.25) is 0 Å². The van der Waals surface area contributed by atoms with Gasteiger partial charge in [-0.3, -0.25) is 4.98 Å². The number of pyridine rings is 1. The molecule has 3 rings (SSSR count). The number of aromatic nitrogens is 3. The maximum absolute atomic E-state index is 6.10. The van der Waals surface area contributed by atoms with E-state index < -0.39 is 0 Å². The van der Waals surface area contributed by atoms with Crippen LogP contribution in [-0.4, -0.2) is 14.6 Å². The summed E-state index contributed by atoms with van der Waals surface area (Å²) in [7, 11) is 0. The van der Waals surface area contributed by atoms with Crippen molar-refractivity contribution in [2.75, 3.05) is 11.6 Å². The third-order valence-electron chi connectivity index (χ3n) is 3.38. The second-order valence-electron chi connectivity index (χ2n) is 4.76. The van der Waals surface area contributed by atoms with Gasteiger partial charge in [0.05, 0.1) is 5.52 Å². The molecule has 0 aliphatic heterocycles. The molecule has 2 heterocycles. The molecular formula is C15H17N5. The van der Waals surface area contributed by atoms with Crippen molar-refractivity contribution in [3.63, 3.8) is 0 Å². The summed E-state index contributed by atoms with van der Waals surface area (Å²) in [6, 6.07) is 9.92. The second kappa shape index (κ2) is 4.85. The molecule has 1 aromatic carbocycles. The molecule has 2 aromatic heterocycles. The number of aryl methyl sites for hydroxylation is 1. The van der Waals surface area contributed by atoms with E-state index in [0.29, 0.717) is 11.5 Å². The molecule has 0 saturated carbocycles. The standard InChI is InChI=1S/C15H17N5/c1-2-5-12-19-14(15(16)20(12)17)11-8-3-6-10-7-4-9-18-13(10)11/h3-4,6-9H,2,5,16-17H2,1H3. The summed E-state index contributed by atoms with van der Waals surface area (Å²) in [5, 5.41) is 1.06. The highest BCUT2D eigenvalue weighted by atomic mass is 15.4. The molecule has 4 N–H and O–H groups in total. The van der Waals surface area contributed by atoms with E-state index in [4.69, 9.17) is 11.6 Å². The normalized spacial score (nSPS) is 11.1. The Kier molecular flexibility index (Phi) is 3.02. The summed E-state index contributed by atoms with van der Waals surface area (Å²) in [5.41, 5.74) is 8.62. The fourth-order valence-corrected chi connectivity index (χ4v) is 2.39. The Balaban J connectivity index is 2.23. The number of anilines is 1. The molecule has 0 saturated heterocycles. The topological polar surface area (TPSA) is 82.8 Å². The van der Waals surface area contributed by atoms with Crippen LogP contribution in [0, 0.1) is 0 Å². The van der Waals surface area contributed by atoms with Crippen molar-refractivity contribution in [1.82, 2.24) is 14.6 Å². The molecular weight excluding hydrogens is 250 g/mol. The third kappa shape index (κ3) is 1.87. The van der Waals surface area contributed by atoms with E-state index in [0.717, 1.165) is 35.1 Å². The van der Waals surface area contributed by atoms with Crippen LogP contribution in [0.4, 0.5) is 5.82 Å². The average Bonchev–Trinajstić information content (AvgIpc) is 2.76. The van der Waals surface area contributed by atoms with Crippen LogP contribution in [0.15, 0.2) is 36.5 Å². The van der Waals surface area contributed by atoms with Crippen molar-refractivity contribution in [2.45, 2.75) is 19.8 Å². The van der Waals surface area contributed by atoms with Gasteiger partial charge in [-0.25, -0.2) is 9.66 Å². The van der Waals surface area contributed by atoms with Gasteiger partial charge in [0.1, 0.15) is 11.5 Å². The number of para-hydroxylation sites is 1. The van der Waals surface area contributed by atoms with Crippen molar-refractivity contribution >= 4 is 16.7 Å². The smallest absolute Gasteiger partial charge is 0.150 e. The van der Waals surface area contributed by atoms with Crippen molar-refractivity contribution in [3.05, 3.63) is 42.4 Å². The number of benzene rings is 1. The lowest BCUT2D eigenvalue weighted by Crippen LogP contribution is -2.15. The molecule has 3 aromatic rings. The predicted molar refractivity (Wildman–Crippen MR) is 81.5 cm³/mol. The van der Waals surface area contributed by atoms with Crippen molar-refractivity contribution in [1.29, 1.82) is 0 Å². The summed E-state index contributed by atoms with van der Waals surface area (Å²) in [6.45, 7) is 2.09. The van der Waals surface area contributed by atoms with Crippen LogP contribution in [-0.2, 0) is 6.42 Å². The Labute approximate surface area is 117 Å². The van der Waals surface area contributed by atoms with Crippen LogP contribution in [0.1, 0.15) is 19.2 Å². The zero-order valence-electron chi connectivity index (χ0n) is 11.4. The Bertz CT molecular complexity index is 755. The number of rotatable bonds is 3. The van der Waals surface area contributed by atoms with Crippen molar-refractivity contribution < 1.29 is 0 Å². The van der Waals surface area contributed by atoms with Crippen LogP contribution in [0.3, 0.4) is 0 Å². The third-order valence-corrected chi connectivity index (χ3v) is 3.38. The number of nitrogens with two attached hydrogens (primary N) is 2. The zero-order chi connectivity index (χ0) is 14.1. The number of fused-ring (bicyclic) bond motifs is 1. The molecule has 0 radical (unpaired) electrons. The van der Waals surface area contributed by atoms with Gasteiger partial charge >= 0.3 is 0 Å². The Morgan fingerprint density at radius 3 is 2.80 bits per heavy atom. The minimum absolute atomic E-state index is 0.478. The van der Waals surface area contributed by atoms with E-state index in [1.807, 2.05) is 30.3 Å². The minimum atomic E-state index is 0.478. The molecule has 0 unspecified atom stereocenters. The van der Waals surface area contributed by atoms with Gasteiger partial charge in [0.2, 0.25) is 0 Å². The first kappa shape index (κ1) is 12.5. The largest absolute Gasteiger partial charge is 0.382 e. The maximum Gasteiger partial charge on any atom is 0.150 e. The number of nitrogens with zero attached hydrogens (tertiary/aromatic N) is 3. The van der Waals surface area contributed by atoms with Gasteiger partial charge in [0.25, 0.3) is 0 Å². The summed E-state index contributed by atoms with van der Waals surface area (Å²) >= 11 is 0. The molecule has 0 atom stereocenters. The first-order chi connectivity index (χ1) is 9.72. The van der Waals surface area contributed by atoms with Crippen LogP contribution in [0.25, 0.3) is 22.2 Å². The molecule has 20 heavy (non-hydrogen) atoms. The molecule has 0 fully saturated rings. The number of hydrogen-bond acceptors (Lipinski definition) is 4. The molecule has 5 nitrogen and oxygen atoms in total. The lowest BCUT2D eigenvalue weighted by Gasteiger charge is -2.04. The Hall–Kier alpha value is -2.56. The van der Waals surface area contributed by atoms with Gasteiger partial charge < -0.3 is 11.6 Å². The number of nitrogen functional groups attached to an aromatic ring is 2. The highest BCUT2D eigenvalue weighted by molar-refractivity contribution is 5.94. The molecule has 0 aliphatic carbocycles. The summed E-state index contributed by atoms with van der Waals surface area (Å²) in [4.78, 5) is 9.03. The lowest BCUT2D eigenvalue weighted by molar-refractivity contribution is 0.794. The second-order valence-corrected chi connectivity index (χ2v) is 4.76. The highest BCUT2D eigenvalue weighted by Gasteiger charge is 2.16. The average molecular weight is 267 g/mol. The van der Waals surface area contributed by atoms with E-state index in [2.05, 4.69) is 16.9 Å². The molecule has 0 bridgehead atoms. The van der Waals surface area contributed by atoms with Crippen molar-refractivity contribution in [3.8, 4) is 11.3 Å². The maximum atomic E-state index is 6.10. The first-order valence-corrected chi connectivity index (χ1v) is 6.68. The highest BCUT2D eigenvalue weighted by Crippen LogP contribution is 2.30. The van der Waals surface area contributed by atoms with Gasteiger partial charge in [-0.05, 0) is 12.5 Å². The zero-order valence-corrected chi connectivity index (χ0v) is 11.4. The molecule has 0 spiro atoms. The van der Waals surface area contributed by atoms with Gasteiger partial charge in [0, 0.05) is 23.6 Å². The SMILES string of the molecule is CCCc1nc(-c2cccc3cccnc23)c(N)n1N. The van der Waals surface area contributed by atoms with Crippen LogP contribution >= 0.6 is 0 Å². The van der Waals surface area contributed by atoms with Crippen molar-refractivity contribution in [2.24, 2.45) is 0 Å². The summed E-state index contributed by atoms with van der Waals surface area (Å²) in [6.07, 6.45) is 3.55. The lowest BCUT2D eigenvalue weighted by atomic mass is 10.1. The van der Waals surface area contributed by atoms with E-state index in [9.17, 15) is 0 Å². The summed E-state index contributed by atoms with van der Waals surface area (Å²) in [5.74, 6) is 7.26. The van der Waals surface area contributed by atoms with E-state index in [1.165, 1.54) is 4.68 Å². The molecule has 5 heteroatoms. The van der Waals surface area contributed by atoms with E-state index in [-0.39, 0.29) is 0 Å².